The van der Waals surface area contributed by atoms with Crippen LogP contribution in [0.4, 0.5) is 17.6 Å². The molecule has 1 rings (SSSR count). The predicted molar refractivity (Wildman–Crippen MR) is 63.2 cm³/mol. The third-order valence-electron chi connectivity index (χ3n) is 2.54. The first-order valence-electron chi connectivity index (χ1n) is 5.46. The van der Waals surface area contributed by atoms with E-state index in [2.05, 4.69) is 0 Å². The minimum absolute atomic E-state index is 0.245. The minimum atomic E-state index is -4.45. The molecule has 0 aliphatic rings. The summed E-state index contributed by atoms with van der Waals surface area (Å²) in [6.45, 7) is -0.716. The van der Waals surface area contributed by atoms with Crippen molar-refractivity contribution in [1.29, 1.82) is 0 Å². The van der Waals surface area contributed by atoms with Crippen LogP contribution in [0, 0.1) is 6.92 Å². The molecule has 1 aromatic carbocycles. The van der Waals surface area contributed by atoms with Crippen molar-refractivity contribution in [2.45, 2.75) is 30.8 Å². The number of nitrogens with one attached hydrogen (secondary N) is 1. The average molecular weight is 315 g/mol. The van der Waals surface area contributed by atoms with Crippen molar-refractivity contribution in [2.75, 3.05) is 6.54 Å². The number of hydrogen-bond acceptors (Lipinski definition) is 3. The lowest BCUT2D eigenvalue weighted by Gasteiger charge is -2.16. The van der Waals surface area contributed by atoms with Crippen molar-refractivity contribution in [3.8, 4) is 0 Å². The highest BCUT2D eigenvalue weighted by molar-refractivity contribution is 7.89. The highest BCUT2D eigenvalue weighted by Crippen LogP contribution is 2.23. The monoisotopic (exact) mass is 315 g/mol. The summed E-state index contributed by atoms with van der Waals surface area (Å²) < 4.78 is 74.5. The van der Waals surface area contributed by atoms with Crippen LogP contribution in [0.25, 0.3) is 0 Å². The smallest absolute Gasteiger partial charge is 0.320 e. The number of hydrogen-bond donors (Lipinski definition) is 2. The zero-order valence-electron chi connectivity index (χ0n) is 10.4. The van der Waals surface area contributed by atoms with E-state index < -0.39 is 35.5 Å². The van der Waals surface area contributed by atoms with Gasteiger partial charge >= 0.3 is 12.3 Å². The molecule has 0 saturated carbocycles. The Kier molecular flexibility index (Phi) is 5.11. The Morgan fingerprint density at radius 2 is 1.95 bits per heavy atom. The van der Waals surface area contributed by atoms with Crippen LogP contribution in [-0.4, -0.2) is 32.4 Å². The van der Waals surface area contributed by atoms with E-state index in [-0.39, 0.29) is 16.0 Å². The molecule has 0 amide bonds. The molecule has 1 aromatic rings. The quantitative estimate of drug-likeness (QED) is 0.785. The lowest BCUT2D eigenvalue weighted by Crippen LogP contribution is -2.41. The summed E-state index contributed by atoms with van der Waals surface area (Å²) in [5.41, 5.74) is 0.506. The highest BCUT2D eigenvalue weighted by Gasteiger charge is 2.41. The molecule has 2 N–H and O–H groups in total. The predicted octanol–water partition coefficient (Wildman–Crippen LogP) is 1.67. The molecule has 0 heterocycles. The van der Waals surface area contributed by atoms with Crippen LogP contribution in [0.1, 0.15) is 11.1 Å². The molecule has 0 atom stereocenters. The van der Waals surface area contributed by atoms with E-state index in [1.54, 1.807) is 0 Å². The SMILES string of the molecule is Cc1ccc(CO)cc1S(=O)(=O)NCC(F)(F)C(F)F. The van der Waals surface area contributed by atoms with Crippen LogP contribution in [0.5, 0.6) is 0 Å². The minimum Gasteiger partial charge on any atom is -0.392 e. The van der Waals surface area contributed by atoms with E-state index in [1.165, 1.54) is 23.8 Å². The van der Waals surface area contributed by atoms with Crippen LogP contribution in [0.15, 0.2) is 23.1 Å². The third-order valence-corrected chi connectivity index (χ3v) is 4.09. The first-order chi connectivity index (χ1) is 9.10. The van der Waals surface area contributed by atoms with Crippen molar-refractivity contribution >= 4 is 10.0 Å². The summed E-state index contributed by atoms with van der Waals surface area (Å²) in [6, 6.07) is 3.94. The maximum atomic E-state index is 12.7. The summed E-state index contributed by atoms with van der Waals surface area (Å²) in [4.78, 5) is -0.339. The van der Waals surface area contributed by atoms with Gasteiger partial charge in [-0.25, -0.2) is 21.9 Å². The van der Waals surface area contributed by atoms with Crippen molar-refractivity contribution < 1.29 is 31.1 Å². The van der Waals surface area contributed by atoms with Gasteiger partial charge in [-0.3, -0.25) is 0 Å². The molecular formula is C11H13F4NO3S. The van der Waals surface area contributed by atoms with Gasteiger partial charge in [-0.05, 0) is 24.1 Å². The summed E-state index contributed by atoms with van der Waals surface area (Å²) in [5.74, 6) is -4.45. The molecule has 0 fully saturated rings. The largest absolute Gasteiger partial charge is 0.392 e. The molecule has 0 radical (unpaired) electrons. The summed E-state index contributed by atoms with van der Waals surface area (Å²) in [6.07, 6.45) is -3.96. The van der Waals surface area contributed by atoms with Crippen LogP contribution in [0.3, 0.4) is 0 Å². The molecule has 0 aliphatic carbocycles. The number of sulfonamides is 1. The van der Waals surface area contributed by atoms with Crippen molar-refractivity contribution in [2.24, 2.45) is 0 Å². The number of aliphatic hydroxyl groups is 1. The van der Waals surface area contributed by atoms with Crippen molar-refractivity contribution in [3.63, 3.8) is 0 Å². The maximum absolute atomic E-state index is 12.7. The number of alkyl halides is 4. The number of aliphatic hydroxyl groups excluding tert-OH is 1. The number of rotatable bonds is 6. The van der Waals surface area contributed by atoms with Gasteiger partial charge in [0.25, 0.3) is 0 Å². The fourth-order valence-corrected chi connectivity index (χ4v) is 2.71. The van der Waals surface area contributed by atoms with Gasteiger partial charge in [-0.1, -0.05) is 12.1 Å². The molecule has 0 unspecified atom stereocenters. The molecule has 9 heteroatoms. The number of aryl methyl sites for hydroxylation is 1. The van der Waals surface area contributed by atoms with E-state index in [9.17, 15) is 26.0 Å². The van der Waals surface area contributed by atoms with Crippen LogP contribution >= 0.6 is 0 Å². The van der Waals surface area contributed by atoms with Crippen LogP contribution < -0.4 is 4.72 Å². The van der Waals surface area contributed by atoms with Gasteiger partial charge < -0.3 is 5.11 Å². The zero-order chi connectivity index (χ0) is 15.6. The Morgan fingerprint density at radius 1 is 1.35 bits per heavy atom. The molecule has 0 aliphatic heterocycles. The Hall–Kier alpha value is -1.19. The van der Waals surface area contributed by atoms with E-state index in [1.807, 2.05) is 0 Å². The van der Waals surface area contributed by atoms with Crippen molar-refractivity contribution in [1.82, 2.24) is 4.72 Å². The summed E-state index contributed by atoms with van der Waals surface area (Å²) >= 11 is 0. The number of halogens is 4. The third kappa shape index (κ3) is 3.90. The highest BCUT2D eigenvalue weighted by atomic mass is 32.2. The molecule has 0 spiro atoms. The van der Waals surface area contributed by atoms with Gasteiger partial charge in [-0.15, -0.1) is 0 Å². The molecule has 114 valence electrons. The van der Waals surface area contributed by atoms with Gasteiger partial charge in [0.15, 0.2) is 0 Å². The fourth-order valence-electron chi connectivity index (χ4n) is 1.38. The van der Waals surface area contributed by atoms with Crippen LogP contribution in [-0.2, 0) is 16.6 Å². The second-order valence-corrected chi connectivity index (χ2v) is 5.88. The fraction of sp³-hybridized carbons (Fsp3) is 0.455. The van der Waals surface area contributed by atoms with Gasteiger partial charge in [0, 0.05) is 0 Å². The molecule has 4 nitrogen and oxygen atoms in total. The molecule has 0 bridgehead atoms. The Balaban J connectivity index is 3.00. The molecular weight excluding hydrogens is 302 g/mol. The van der Waals surface area contributed by atoms with Gasteiger partial charge in [0.2, 0.25) is 10.0 Å². The molecule has 20 heavy (non-hydrogen) atoms. The Morgan fingerprint density at radius 3 is 2.45 bits per heavy atom. The Labute approximate surface area is 113 Å². The van der Waals surface area contributed by atoms with Crippen LogP contribution in [0.2, 0.25) is 0 Å². The first kappa shape index (κ1) is 16.9. The van der Waals surface area contributed by atoms with Gasteiger partial charge in [-0.2, -0.15) is 8.78 Å². The lowest BCUT2D eigenvalue weighted by atomic mass is 10.2. The second kappa shape index (κ2) is 6.06. The topological polar surface area (TPSA) is 66.4 Å². The van der Waals surface area contributed by atoms with E-state index in [0.29, 0.717) is 0 Å². The summed E-state index contributed by atoms with van der Waals surface area (Å²) in [5, 5.41) is 8.92. The standard InChI is InChI=1S/C11H13F4NO3S/c1-7-2-3-8(5-17)4-9(7)20(18,19)16-6-11(14,15)10(12)13/h2-4,10,16-17H,5-6H2,1H3. The normalized spacial score (nSPS) is 12.9. The average Bonchev–Trinajstić information content (AvgIpc) is 2.37. The van der Waals surface area contributed by atoms with Gasteiger partial charge in [0.05, 0.1) is 18.0 Å². The van der Waals surface area contributed by atoms with E-state index >= 15 is 0 Å². The molecule has 0 aromatic heterocycles. The number of benzene rings is 1. The van der Waals surface area contributed by atoms with E-state index in [4.69, 9.17) is 5.11 Å². The van der Waals surface area contributed by atoms with Crippen molar-refractivity contribution in [3.05, 3.63) is 29.3 Å². The molecule has 0 saturated heterocycles. The maximum Gasteiger partial charge on any atom is 0.320 e. The second-order valence-electron chi connectivity index (χ2n) is 4.14. The first-order valence-corrected chi connectivity index (χ1v) is 6.94. The van der Waals surface area contributed by atoms with E-state index in [0.717, 1.165) is 6.07 Å². The summed E-state index contributed by atoms with van der Waals surface area (Å²) in [7, 11) is -4.36. The Bertz CT molecular complexity index is 575. The lowest BCUT2D eigenvalue weighted by molar-refractivity contribution is -0.122. The van der Waals surface area contributed by atoms with Gasteiger partial charge in [0.1, 0.15) is 0 Å². The zero-order valence-corrected chi connectivity index (χ0v) is 11.2.